The Morgan fingerprint density at radius 2 is 1.22 bits per heavy atom. The molecule has 1 rings (SSSR count). The van der Waals surface area contributed by atoms with Crippen LogP contribution in [-0.2, 0) is 23.7 Å². The van der Waals surface area contributed by atoms with Crippen LogP contribution in [0.5, 0.6) is 0 Å². The zero-order valence-corrected chi connectivity index (χ0v) is 31.1. The molecule has 1 fully saturated rings. The molecular formula is C41H70O9. The molecule has 50 heavy (non-hydrogen) atoms. The minimum atomic E-state index is -1.54. The third kappa shape index (κ3) is 24.1. The normalized spacial score (nSPS) is 22.2. The largest absolute Gasteiger partial charge is 0.457 e. The summed E-state index contributed by atoms with van der Waals surface area (Å²) in [6, 6.07) is 0. The Morgan fingerprint density at radius 3 is 1.80 bits per heavy atom. The highest BCUT2D eigenvalue weighted by Gasteiger charge is 2.44. The van der Waals surface area contributed by atoms with E-state index in [-0.39, 0.29) is 19.2 Å². The summed E-state index contributed by atoms with van der Waals surface area (Å²) in [6.07, 6.45) is 32.6. The van der Waals surface area contributed by atoms with Gasteiger partial charge in [0.1, 0.15) is 30.5 Å². The van der Waals surface area contributed by atoms with Gasteiger partial charge in [0.15, 0.2) is 6.29 Å². The molecule has 0 aliphatic carbocycles. The second kappa shape index (κ2) is 32.8. The average molecular weight is 707 g/mol. The van der Waals surface area contributed by atoms with Crippen LogP contribution < -0.4 is 0 Å². The summed E-state index contributed by atoms with van der Waals surface area (Å²) in [6.45, 7) is 4.29. The molecule has 288 valence electrons. The Bertz CT molecular complexity index is 942. The molecule has 0 amide bonds. The highest BCUT2D eigenvalue weighted by Crippen LogP contribution is 2.22. The number of carbonyl (C=O) groups excluding carboxylic acids is 1. The smallest absolute Gasteiger partial charge is 0.306 e. The highest BCUT2D eigenvalue weighted by molar-refractivity contribution is 5.69. The van der Waals surface area contributed by atoms with Crippen molar-refractivity contribution in [3.63, 3.8) is 0 Å². The summed E-state index contributed by atoms with van der Waals surface area (Å²) in [5.41, 5.74) is 0. The maximum Gasteiger partial charge on any atom is 0.306 e. The lowest BCUT2D eigenvalue weighted by atomic mass is 9.99. The van der Waals surface area contributed by atoms with Gasteiger partial charge in [0, 0.05) is 13.0 Å². The summed E-state index contributed by atoms with van der Waals surface area (Å²) < 4.78 is 22.6. The van der Waals surface area contributed by atoms with Gasteiger partial charge in [-0.3, -0.25) is 4.79 Å². The van der Waals surface area contributed by atoms with Crippen molar-refractivity contribution in [2.24, 2.45) is 0 Å². The molecule has 1 aliphatic rings. The lowest BCUT2D eigenvalue weighted by molar-refractivity contribution is -0.305. The van der Waals surface area contributed by atoms with E-state index in [0.717, 1.165) is 70.6 Å². The summed E-state index contributed by atoms with van der Waals surface area (Å²) in [4.78, 5) is 12.6. The van der Waals surface area contributed by atoms with Gasteiger partial charge in [-0.15, -0.1) is 0 Å². The quantitative estimate of drug-likeness (QED) is 0.0327. The molecule has 6 atom stereocenters. The number of hydrogen-bond acceptors (Lipinski definition) is 9. The topological polar surface area (TPSA) is 135 Å². The second-order valence-electron chi connectivity index (χ2n) is 13.0. The summed E-state index contributed by atoms with van der Waals surface area (Å²) in [5.74, 6) is -0.336. The van der Waals surface area contributed by atoms with E-state index in [2.05, 4.69) is 74.6 Å². The SMILES string of the molecule is CC/C=C\C/C=C\C/C=C\C/C=C\C/C=C\CCCCOCC(COC1OC(CO)C(O)C(O)C1O)OC(=O)CCCCCCCCCCC. The molecule has 9 nitrogen and oxygen atoms in total. The Labute approximate surface area is 303 Å². The fourth-order valence-electron chi connectivity index (χ4n) is 5.40. The van der Waals surface area contributed by atoms with E-state index in [0.29, 0.717) is 13.0 Å². The van der Waals surface area contributed by atoms with Crippen molar-refractivity contribution in [2.75, 3.05) is 26.4 Å². The first-order chi connectivity index (χ1) is 24.4. The van der Waals surface area contributed by atoms with E-state index >= 15 is 0 Å². The fourth-order valence-corrected chi connectivity index (χ4v) is 5.40. The van der Waals surface area contributed by atoms with Gasteiger partial charge in [-0.1, -0.05) is 126 Å². The van der Waals surface area contributed by atoms with Crippen molar-refractivity contribution >= 4 is 5.97 Å². The van der Waals surface area contributed by atoms with E-state index in [1.807, 2.05) is 0 Å². The van der Waals surface area contributed by atoms with E-state index in [9.17, 15) is 25.2 Å². The summed E-state index contributed by atoms with van der Waals surface area (Å²) >= 11 is 0. The summed E-state index contributed by atoms with van der Waals surface area (Å²) in [7, 11) is 0. The number of aliphatic hydroxyl groups is 4. The molecule has 0 saturated carbocycles. The van der Waals surface area contributed by atoms with Crippen LogP contribution >= 0.6 is 0 Å². The van der Waals surface area contributed by atoms with Gasteiger partial charge < -0.3 is 39.4 Å². The minimum Gasteiger partial charge on any atom is -0.457 e. The molecule has 0 aromatic heterocycles. The van der Waals surface area contributed by atoms with Crippen LogP contribution in [0.4, 0.5) is 0 Å². The van der Waals surface area contributed by atoms with Crippen LogP contribution in [0.15, 0.2) is 60.8 Å². The standard InChI is InChI=1S/C41H70O9/c1-3-5-7-9-11-13-14-15-16-17-18-19-20-21-23-25-27-29-31-47-33-35(34-48-41-40(46)39(45)38(44)36(32-42)50-41)49-37(43)30-28-26-24-22-12-10-8-6-4-2/h5,7,11,13,15-16,18-19,21,23,35-36,38-42,44-46H,3-4,6,8-10,12,14,17,20,22,24-34H2,1-2H3/b7-5-,13-11-,16-15-,19-18-,23-21-. The van der Waals surface area contributed by atoms with E-state index in [1.54, 1.807) is 0 Å². The molecule has 1 saturated heterocycles. The zero-order valence-electron chi connectivity index (χ0n) is 31.1. The van der Waals surface area contributed by atoms with Crippen LogP contribution in [0, 0.1) is 0 Å². The molecule has 9 heteroatoms. The van der Waals surface area contributed by atoms with Crippen molar-refractivity contribution in [3.05, 3.63) is 60.8 Å². The number of unbranched alkanes of at least 4 members (excludes halogenated alkanes) is 10. The summed E-state index contributed by atoms with van der Waals surface area (Å²) in [5, 5.41) is 39.9. The predicted octanol–water partition coefficient (Wildman–Crippen LogP) is 7.57. The lowest BCUT2D eigenvalue weighted by Crippen LogP contribution is -2.59. The number of aliphatic hydroxyl groups excluding tert-OH is 4. The van der Waals surface area contributed by atoms with E-state index in [1.165, 1.54) is 38.5 Å². The third-order valence-electron chi connectivity index (χ3n) is 8.45. The van der Waals surface area contributed by atoms with Crippen molar-refractivity contribution in [1.29, 1.82) is 0 Å². The zero-order chi connectivity index (χ0) is 36.5. The molecule has 4 N–H and O–H groups in total. The molecule has 0 aromatic rings. The lowest BCUT2D eigenvalue weighted by Gasteiger charge is -2.39. The first kappa shape index (κ1) is 45.9. The third-order valence-corrected chi connectivity index (χ3v) is 8.45. The van der Waals surface area contributed by atoms with Crippen LogP contribution in [0.1, 0.15) is 129 Å². The Kier molecular flexibility index (Phi) is 30.1. The van der Waals surface area contributed by atoms with Crippen LogP contribution in [-0.4, -0.2) is 89.6 Å². The highest BCUT2D eigenvalue weighted by atomic mass is 16.7. The molecule has 0 spiro atoms. The number of allylic oxidation sites excluding steroid dienone is 10. The number of rotatable bonds is 31. The Morgan fingerprint density at radius 1 is 0.660 bits per heavy atom. The molecule has 6 unspecified atom stereocenters. The van der Waals surface area contributed by atoms with Crippen molar-refractivity contribution in [1.82, 2.24) is 0 Å². The van der Waals surface area contributed by atoms with Gasteiger partial charge in [-0.05, 0) is 57.8 Å². The van der Waals surface area contributed by atoms with Gasteiger partial charge in [-0.25, -0.2) is 0 Å². The number of ether oxygens (including phenoxy) is 4. The molecule has 0 bridgehead atoms. The molecule has 1 heterocycles. The second-order valence-corrected chi connectivity index (χ2v) is 13.0. The van der Waals surface area contributed by atoms with Crippen molar-refractivity contribution < 1.29 is 44.2 Å². The molecule has 0 radical (unpaired) electrons. The van der Waals surface area contributed by atoms with Gasteiger partial charge in [0.25, 0.3) is 0 Å². The molecular weight excluding hydrogens is 636 g/mol. The van der Waals surface area contributed by atoms with Crippen LogP contribution in [0.2, 0.25) is 0 Å². The predicted molar refractivity (Wildman–Crippen MR) is 201 cm³/mol. The van der Waals surface area contributed by atoms with Crippen LogP contribution in [0.3, 0.4) is 0 Å². The average Bonchev–Trinajstić information content (AvgIpc) is 3.11. The maximum absolute atomic E-state index is 12.6. The van der Waals surface area contributed by atoms with Crippen LogP contribution in [0.25, 0.3) is 0 Å². The van der Waals surface area contributed by atoms with Crippen molar-refractivity contribution in [2.45, 2.75) is 166 Å². The van der Waals surface area contributed by atoms with Crippen molar-refractivity contribution in [3.8, 4) is 0 Å². The molecule has 0 aromatic carbocycles. The first-order valence-corrected chi connectivity index (χ1v) is 19.4. The van der Waals surface area contributed by atoms with Gasteiger partial charge in [0.05, 0.1) is 19.8 Å². The maximum atomic E-state index is 12.6. The Hall–Kier alpha value is -2.11. The number of esters is 1. The number of hydrogen-bond donors (Lipinski definition) is 4. The van der Waals surface area contributed by atoms with Gasteiger partial charge >= 0.3 is 5.97 Å². The fraction of sp³-hybridized carbons (Fsp3) is 0.732. The monoisotopic (exact) mass is 707 g/mol. The van der Waals surface area contributed by atoms with Gasteiger partial charge in [0.2, 0.25) is 0 Å². The van der Waals surface area contributed by atoms with E-state index in [4.69, 9.17) is 18.9 Å². The van der Waals surface area contributed by atoms with Gasteiger partial charge in [-0.2, -0.15) is 0 Å². The minimum absolute atomic E-state index is 0.114. The van der Waals surface area contributed by atoms with E-state index < -0.39 is 43.4 Å². The molecule has 1 aliphatic heterocycles. The Balaban J connectivity index is 2.35. The number of carbonyl (C=O) groups is 1. The first-order valence-electron chi connectivity index (χ1n) is 19.4.